The van der Waals surface area contributed by atoms with E-state index in [1.54, 1.807) is 66.7 Å². The molecule has 0 bridgehead atoms. The summed E-state index contributed by atoms with van der Waals surface area (Å²) in [6.07, 6.45) is 1.48. The Bertz CT molecular complexity index is 1830. The van der Waals surface area contributed by atoms with Crippen molar-refractivity contribution in [2.75, 3.05) is 11.1 Å². The predicted octanol–water partition coefficient (Wildman–Crippen LogP) is 9.04. The maximum atomic E-state index is 13.4. The van der Waals surface area contributed by atoms with Crippen LogP contribution in [0.15, 0.2) is 138 Å². The van der Waals surface area contributed by atoms with Gasteiger partial charge in [-0.1, -0.05) is 114 Å². The molecule has 5 rings (SSSR count). The average Bonchev–Trinajstić information content (AvgIpc) is 3.06. The minimum absolute atomic E-state index is 0.00343. The highest BCUT2D eigenvalue weighted by Crippen LogP contribution is 2.28. The third-order valence-corrected chi connectivity index (χ3v) is 8.41. The van der Waals surface area contributed by atoms with Crippen LogP contribution < -0.4 is 10.6 Å². The molecule has 0 fully saturated rings. The van der Waals surface area contributed by atoms with Gasteiger partial charge in [-0.15, -0.1) is 11.8 Å². The fourth-order valence-corrected chi connectivity index (χ4v) is 5.52. The summed E-state index contributed by atoms with van der Waals surface area (Å²) in [5.41, 5.74) is 4.10. The van der Waals surface area contributed by atoms with Crippen LogP contribution in [0.3, 0.4) is 0 Å². The van der Waals surface area contributed by atoms with Crippen molar-refractivity contribution >= 4 is 64.3 Å². The molecule has 0 radical (unpaired) electrons. The standard InChI is InChI=1S/C36H26Cl2N2O3S/c37-31-16-7-13-28(34(31)38)21-32(40-35(42)27-11-5-2-6-12-27)36(43)39-29-14-8-15-30(22-29)44-23-33(41)26-19-17-25(18-20-26)24-9-3-1-4-10-24/h1-22H,23H2,(H,39,43)(H,40,42)/b32-21-. The molecule has 0 heterocycles. The van der Waals surface area contributed by atoms with Crippen LogP contribution in [0.2, 0.25) is 10.0 Å². The monoisotopic (exact) mass is 636 g/mol. The SMILES string of the molecule is O=C(Nc1cccc(SCC(=O)c2ccc(-c3ccccc3)cc2)c1)/C(=C/c1cccc(Cl)c1Cl)NC(=O)c1ccccc1. The molecule has 8 heteroatoms. The second kappa shape index (κ2) is 14.7. The van der Waals surface area contributed by atoms with Crippen molar-refractivity contribution in [2.45, 2.75) is 4.90 Å². The summed E-state index contributed by atoms with van der Waals surface area (Å²) in [5, 5.41) is 6.11. The van der Waals surface area contributed by atoms with Gasteiger partial charge in [-0.05, 0) is 59.2 Å². The fraction of sp³-hybridized carbons (Fsp3) is 0.0278. The van der Waals surface area contributed by atoms with E-state index >= 15 is 0 Å². The zero-order valence-corrected chi connectivity index (χ0v) is 25.6. The highest BCUT2D eigenvalue weighted by molar-refractivity contribution is 8.00. The molecule has 0 unspecified atom stereocenters. The van der Waals surface area contributed by atoms with Gasteiger partial charge in [0.15, 0.2) is 5.78 Å². The van der Waals surface area contributed by atoms with Gasteiger partial charge in [0.1, 0.15) is 5.70 Å². The van der Waals surface area contributed by atoms with Crippen LogP contribution in [-0.4, -0.2) is 23.4 Å². The van der Waals surface area contributed by atoms with Crippen LogP contribution in [0.1, 0.15) is 26.3 Å². The number of hydrogen-bond acceptors (Lipinski definition) is 4. The van der Waals surface area contributed by atoms with Crippen molar-refractivity contribution in [1.29, 1.82) is 0 Å². The Kier molecular flexibility index (Phi) is 10.3. The Morgan fingerprint density at radius 2 is 1.34 bits per heavy atom. The molecule has 0 saturated carbocycles. The van der Waals surface area contributed by atoms with Gasteiger partial charge >= 0.3 is 0 Å². The van der Waals surface area contributed by atoms with Crippen molar-refractivity contribution in [3.63, 3.8) is 0 Å². The highest BCUT2D eigenvalue weighted by Gasteiger charge is 2.17. The summed E-state index contributed by atoms with van der Waals surface area (Å²) in [6, 6.07) is 38.3. The predicted molar refractivity (Wildman–Crippen MR) is 180 cm³/mol. The lowest BCUT2D eigenvalue weighted by Gasteiger charge is -2.13. The van der Waals surface area contributed by atoms with Crippen LogP contribution in [-0.2, 0) is 4.79 Å². The highest BCUT2D eigenvalue weighted by atomic mass is 35.5. The van der Waals surface area contributed by atoms with Gasteiger partial charge in [0, 0.05) is 21.7 Å². The zero-order chi connectivity index (χ0) is 30.9. The number of carbonyl (C=O) groups excluding carboxylic acids is 3. The number of halogens is 2. The first-order valence-electron chi connectivity index (χ1n) is 13.6. The number of carbonyl (C=O) groups is 3. The second-order valence-corrected chi connectivity index (χ2v) is 11.5. The van der Waals surface area contributed by atoms with E-state index < -0.39 is 11.8 Å². The number of rotatable bonds is 10. The minimum atomic E-state index is -0.554. The van der Waals surface area contributed by atoms with E-state index in [1.807, 2.05) is 60.7 Å². The summed E-state index contributed by atoms with van der Waals surface area (Å²) < 4.78 is 0. The van der Waals surface area contributed by atoms with Crippen molar-refractivity contribution in [3.05, 3.63) is 160 Å². The van der Waals surface area contributed by atoms with Gasteiger partial charge in [-0.2, -0.15) is 0 Å². The van der Waals surface area contributed by atoms with Crippen LogP contribution in [0.5, 0.6) is 0 Å². The molecular formula is C36H26Cl2N2O3S. The molecule has 0 saturated heterocycles. The Labute approximate surface area is 269 Å². The average molecular weight is 638 g/mol. The molecule has 218 valence electrons. The molecule has 44 heavy (non-hydrogen) atoms. The first-order valence-corrected chi connectivity index (χ1v) is 15.4. The van der Waals surface area contributed by atoms with E-state index in [0.717, 1.165) is 16.0 Å². The van der Waals surface area contributed by atoms with Gasteiger partial charge < -0.3 is 10.6 Å². The number of ketones is 1. The summed E-state index contributed by atoms with van der Waals surface area (Å²) in [5.74, 6) is -0.781. The number of thioether (sulfide) groups is 1. The molecule has 0 aliphatic heterocycles. The topological polar surface area (TPSA) is 75.3 Å². The van der Waals surface area contributed by atoms with Crippen LogP contribution in [0.25, 0.3) is 17.2 Å². The normalized spacial score (nSPS) is 11.1. The summed E-state index contributed by atoms with van der Waals surface area (Å²) in [6.45, 7) is 0. The van der Waals surface area contributed by atoms with Gasteiger partial charge in [-0.25, -0.2) is 0 Å². The van der Waals surface area contributed by atoms with Crippen LogP contribution >= 0.6 is 35.0 Å². The van der Waals surface area contributed by atoms with Crippen molar-refractivity contribution in [3.8, 4) is 11.1 Å². The van der Waals surface area contributed by atoms with E-state index in [0.29, 0.717) is 27.4 Å². The number of hydrogen-bond donors (Lipinski definition) is 2. The fourth-order valence-electron chi connectivity index (χ4n) is 4.30. The Hall–Kier alpha value is -4.62. The van der Waals surface area contributed by atoms with Crippen LogP contribution in [0, 0.1) is 0 Å². The van der Waals surface area contributed by atoms with Crippen molar-refractivity contribution < 1.29 is 14.4 Å². The van der Waals surface area contributed by atoms with Crippen molar-refractivity contribution in [1.82, 2.24) is 5.32 Å². The molecule has 0 aliphatic carbocycles. The molecule has 5 aromatic rings. The van der Waals surface area contributed by atoms with Crippen LogP contribution in [0.4, 0.5) is 5.69 Å². The van der Waals surface area contributed by atoms with Gasteiger partial charge in [0.25, 0.3) is 11.8 Å². The molecular weight excluding hydrogens is 611 g/mol. The number of benzene rings is 5. The largest absolute Gasteiger partial charge is 0.321 e. The molecule has 0 aliphatic rings. The maximum absolute atomic E-state index is 13.4. The zero-order valence-electron chi connectivity index (χ0n) is 23.3. The minimum Gasteiger partial charge on any atom is -0.321 e. The number of amides is 2. The molecule has 0 atom stereocenters. The number of Topliss-reactive ketones (excluding diaryl/α,β-unsaturated/α-hetero) is 1. The molecule has 2 N–H and O–H groups in total. The lowest BCUT2D eigenvalue weighted by Crippen LogP contribution is -2.30. The molecule has 5 aromatic carbocycles. The smallest absolute Gasteiger partial charge is 0.272 e. The Balaban J connectivity index is 1.28. The van der Waals surface area contributed by atoms with Crippen molar-refractivity contribution in [2.24, 2.45) is 0 Å². The van der Waals surface area contributed by atoms with Gasteiger partial charge in [0.05, 0.1) is 15.8 Å². The lowest BCUT2D eigenvalue weighted by atomic mass is 10.0. The quantitative estimate of drug-likeness (QED) is 0.0911. The van der Waals surface area contributed by atoms with E-state index in [2.05, 4.69) is 10.6 Å². The number of nitrogens with one attached hydrogen (secondary N) is 2. The third-order valence-electron chi connectivity index (χ3n) is 6.59. The third kappa shape index (κ3) is 8.05. The van der Waals surface area contributed by atoms with E-state index in [4.69, 9.17) is 23.2 Å². The lowest BCUT2D eigenvalue weighted by molar-refractivity contribution is -0.113. The molecule has 0 spiro atoms. The van der Waals surface area contributed by atoms with E-state index in [9.17, 15) is 14.4 Å². The first kappa shape index (κ1) is 30.8. The maximum Gasteiger partial charge on any atom is 0.272 e. The van der Waals surface area contributed by atoms with E-state index in [-0.39, 0.29) is 22.3 Å². The summed E-state index contributed by atoms with van der Waals surface area (Å²) in [4.78, 5) is 40.1. The van der Waals surface area contributed by atoms with Gasteiger partial charge in [-0.3, -0.25) is 14.4 Å². The first-order chi connectivity index (χ1) is 21.4. The molecule has 0 aromatic heterocycles. The Morgan fingerprint density at radius 1 is 0.682 bits per heavy atom. The number of anilines is 1. The molecule has 2 amide bonds. The summed E-state index contributed by atoms with van der Waals surface area (Å²) in [7, 11) is 0. The molecule has 5 nitrogen and oxygen atoms in total. The van der Waals surface area contributed by atoms with Gasteiger partial charge in [0.2, 0.25) is 0 Å². The second-order valence-electron chi connectivity index (χ2n) is 9.66. The van der Waals surface area contributed by atoms with E-state index in [1.165, 1.54) is 17.8 Å². The summed E-state index contributed by atoms with van der Waals surface area (Å²) >= 11 is 13.9. The Morgan fingerprint density at radius 3 is 2.07 bits per heavy atom.